The maximum atomic E-state index is 11.9. The standard InChI is InChI=1S/C8H11ClF3NO/c9-5-13-4-6(3-7(13)14)1-2-8(10,11)12/h6H,1-5H2. The molecule has 82 valence electrons. The van der Waals surface area contributed by atoms with Gasteiger partial charge in [-0.15, -0.1) is 11.6 Å². The first kappa shape index (κ1) is 11.6. The zero-order valence-corrected chi connectivity index (χ0v) is 8.24. The van der Waals surface area contributed by atoms with Crippen molar-refractivity contribution in [3.63, 3.8) is 0 Å². The lowest BCUT2D eigenvalue weighted by molar-refractivity contribution is -0.137. The predicted octanol–water partition coefficient (Wildman–Crippen LogP) is 2.37. The molecule has 0 saturated carbocycles. The Kier molecular flexibility index (Phi) is 3.64. The van der Waals surface area contributed by atoms with E-state index in [-0.39, 0.29) is 30.7 Å². The summed E-state index contributed by atoms with van der Waals surface area (Å²) in [7, 11) is 0. The first-order chi connectivity index (χ1) is 6.42. The minimum atomic E-state index is -4.13. The molecule has 1 atom stereocenters. The van der Waals surface area contributed by atoms with Gasteiger partial charge in [0, 0.05) is 19.4 Å². The maximum Gasteiger partial charge on any atom is 0.389 e. The van der Waals surface area contributed by atoms with Crippen LogP contribution in [0.2, 0.25) is 0 Å². The number of nitrogens with zero attached hydrogens (tertiary/aromatic N) is 1. The Labute approximate surface area is 85.0 Å². The maximum absolute atomic E-state index is 11.9. The Bertz CT molecular complexity index is 219. The molecule has 0 bridgehead atoms. The predicted molar refractivity (Wildman–Crippen MR) is 45.8 cm³/mol. The number of carbonyl (C=O) groups is 1. The van der Waals surface area contributed by atoms with Gasteiger partial charge < -0.3 is 4.90 Å². The van der Waals surface area contributed by atoms with Crippen molar-refractivity contribution in [1.82, 2.24) is 4.90 Å². The van der Waals surface area contributed by atoms with Gasteiger partial charge in [0.05, 0.1) is 6.00 Å². The molecule has 1 unspecified atom stereocenters. The summed E-state index contributed by atoms with van der Waals surface area (Å²) in [5.74, 6) is -0.338. The van der Waals surface area contributed by atoms with Gasteiger partial charge in [0.1, 0.15) is 0 Å². The van der Waals surface area contributed by atoms with Crippen LogP contribution >= 0.6 is 11.6 Å². The zero-order valence-electron chi connectivity index (χ0n) is 7.48. The Hall–Kier alpha value is -0.450. The van der Waals surface area contributed by atoms with Crippen LogP contribution in [0.25, 0.3) is 0 Å². The summed E-state index contributed by atoms with van der Waals surface area (Å²) in [5, 5.41) is 0. The van der Waals surface area contributed by atoms with E-state index in [1.54, 1.807) is 0 Å². The smallest absolute Gasteiger partial charge is 0.329 e. The molecule has 2 nitrogen and oxygen atoms in total. The van der Waals surface area contributed by atoms with E-state index in [9.17, 15) is 18.0 Å². The number of halogens is 4. The van der Waals surface area contributed by atoms with Crippen LogP contribution in [0.1, 0.15) is 19.3 Å². The molecule has 1 saturated heterocycles. The second-order valence-electron chi connectivity index (χ2n) is 3.46. The number of hydrogen-bond acceptors (Lipinski definition) is 1. The molecular formula is C8H11ClF3NO. The molecule has 1 rings (SSSR count). The Morgan fingerprint density at radius 2 is 2.14 bits per heavy atom. The van der Waals surface area contributed by atoms with Gasteiger partial charge in [0.2, 0.25) is 5.91 Å². The molecule has 1 aliphatic heterocycles. The van der Waals surface area contributed by atoms with Crippen molar-refractivity contribution < 1.29 is 18.0 Å². The van der Waals surface area contributed by atoms with Gasteiger partial charge in [-0.3, -0.25) is 4.79 Å². The van der Waals surface area contributed by atoms with E-state index in [0.717, 1.165) is 0 Å². The molecule has 1 amide bonds. The van der Waals surface area contributed by atoms with Crippen molar-refractivity contribution in [1.29, 1.82) is 0 Å². The third-order valence-corrected chi connectivity index (χ3v) is 2.56. The molecule has 0 aliphatic carbocycles. The second-order valence-corrected chi connectivity index (χ2v) is 3.70. The van der Waals surface area contributed by atoms with E-state index < -0.39 is 12.6 Å². The average molecular weight is 230 g/mol. The summed E-state index contributed by atoms with van der Waals surface area (Å²) in [5.41, 5.74) is 0. The van der Waals surface area contributed by atoms with Gasteiger partial charge in [-0.1, -0.05) is 0 Å². The van der Waals surface area contributed by atoms with Gasteiger partial charge in [0.15, 0.2) is 0 Å². The summed E-state index contributed by atoms with van der Waals surface area (Å²) in [6.45, 7) is 0.360. The summed E-state index contributed by atoms with van der Waals surface area (Å²) in [6.07, 6.45) is -4.73. The van der Waals surface area contributed by atoms with Crippen LogP contribution in [-0.2, 0) is 4.79 Å². The molecule has 0 aromatic carbocycles. The largest absolute Gasteiger partial charge is 0.389 e. The van der Waals surface area contributed by atoms with E-state index >= 15 is 0 Å². The van der Waals surface area contributed by atoms with Crippen molar-refractivity contribution in [3.05, 3.63) is 0 Å². The van der Waals surface area contributed by atoms with Crippen molar-refractivity contribution in [2.24, 2.45) is 5.92 Å². The van der Waals surface area contributed by atoms with Crippen LogP contribution < -0.4 is 0 Å². The Morgan fingerprint density at radius 3 is 2.57 bits per heavy atom. The van der Waals surface area contributed by atoms with Gasteiger partial charge in [-0.05, 0) is 12.3 Å². The minimum absolute atomic E-state index is 0.0165. The molecule has 1 heterocycles. The fraction of sp³-hybridized carbons (Fsp3) is 0.875. The van der Waals surface area contributed by atoms with E-state index in [4.69, 9.17) is 11.6 Å². The molecule has 0 radical (unpaired) electrons. The number of alkyl halides is 4. The van der Waals surface area contributed by atoms with Crippen LogP contribution in [-0.4, -0.2) is 29.5 Å². The summed E-state index contributed by atoms with van der Waals surface area (Å²) in [4.78, 5) is 12.5. The number of likely N-dealkylation sites (tertiary alicyclic amines) is 1. The molecule has 6 heteroatoms. The molecule has 0 spiro atoms. The van der Waals surface area contributed by atoms with Gasteiger partial charge in [-0.25, -0.2) is 0 Å². The SMILES string of the molecule is O=C1CC(CCC(F)(F)F)CN1CCl. The Balaban J connectivity index is 2.32. The monoisotopic (exact) mass is 229 g/mol. The van der Waals surface area contributed by atoms with E-state index in [2.05, 4.69) is 0 Å². The first-order valence-corrected chi connectivity index (χ1v) is 4.86. The number of hydrogen-bond donors (Lipinski definition) is 0. The molecule has 1 fully saturated rings. The van der Waals surface area contributed by atoms with Crippen LogP contribution in [0.3, 0.4) is 0 Å². The van der Waals surface area contributed by atoms with Gasteiger partial charge in [-0.2, -0.15) is 13.2 Å². The molecule has 0 N–H and O–H groups in total. The summed E-state index contributed by atoms with van der Waals surface area (Å²) >= 11 is 5.44. The fourth-order valence-corrected chi connectivity index (χ4v) is 1.76. The highest BCUT2D eigenvalue weighted by Gasteiger charge is 2.33. The van der Waals surface area contributed by atoms with E-state index in [1.165, 1.54) is 4.90 Å². The highest BCUT2D eigenvalue weighted by atomic mass is 35.5. The second kappa shape index (κ2) is 4.38. The topological polar surface area (TPSA) is 20.3 Å². The van der Waals surface area contributed by atoms with Crippen molar-refractivity contribution in [2.45, 2.75) is 25.4 Å². The third-order valence-electron chi connectivity index (χ3n) is 2.27. The van der Waals surface area contributed by atoms with Gasteiger partial charge >= 0.3 is 6.18 Å². The molecule has 14 heavy (non-hydrogen) atoms. The molecule has 1 aliphatic rings. The zero-order chi connectivity index (χ0) is 10.8. The first-order valence-electron chi connectivity index (χ1n) is 4.33. The van der Waals surface area contributed by atoms with Crippen LogP contribution in [0, 0.1) is 5.92 Å². The number of rotatable bonds is 3. The van der Waals surface area contributed by atoms with E-state index in [1.807, 2.05) is 0 Å². The number of carbonyl (C=O) groups excluding carboxylic acids is 1. The van der Waals surface area contributed by atoms with E-state index in [0.29, 0.717) is 6.54 Å². The minimum Gasteiger partial charge on any atom is -0.329 e. The quantitative estimate of drug-likeness (QED) is 0.538. The lowest BCUT2D eigenvalue weighted by atomic mass is 10.0. The lowest BCUT2D eigenvalue weighted by Crippen LogP contribution is -2.23. The molecule has 0 aromatic heterocycles. The molecule has 0 aromatic rings. The van der Waals surface area contributed by atoms with Crippen LogP contribution in [0.4, 0.5) is 13.2 Å². The highest BCUT2D eigenvalue weighted by molar-refractivity contribution is 6.18. The van der Waals surface area contributed by atoms with Crippen LogP contribution in [0.5, 0.6) is 0 Å². The lowest BCUT2D eigenvalue weighted by Gasteiger charge is -2.13. The van der Waals surface area contributed by atoms with Crippen molar-refractivity contribution in [2.75, 3.05) is 12.5 Å². The molecular weight excluding hydrogens is 219 g/mol. The average Bonchev–Trinajstić information content (AvgIpc) is 2.42. The van der Waals surface area contributed by atoms with Gasteiger partial charge in [0.25, 0.3) is 0 Å². The Morgan fingerprint density at radius 1 is 1.50 bits per heavy atom. The van der Waals surface area contributed by atoms with Crippen LogP contribution in [0.15, 0.2) is 0 Å². The third kappa shape index (κ3) is 3.36. The number of amides is 1. The summed E-state index contributed by atoms with van der Waals surface area (Å²) in [6, 6.07) is 0.0708. The fourth-order valence-electron chi connectivity index (χ4n) is 1.53. The van der Waals surface area contributed by atoms with Crippen molar-refractivity contribution in [3.8, 4) is 0 Å². The highest BCUT2D eigenvalue weighted by Crippen LogP contribution is 2.28. The normalized spacial score (nSPS) is 23.3. The summed E-state index contributed by atoms with van der Waals surface area (Å²) < 4.78 is 35.6. The van der Waals surface area contributed by atoms with Crippen molar-refractivity contribution >= 4 is 17.5 Å².